The summed E-state index contributed by atoms with van der Waals surface area (Å²) >= 11 is 0. The summed E-state index contributed by atoms with van der Waals surface area (Å²) < 4.78 is 0. The number of carbonyl (C=O) groups is 2. The Balaban J connectivity index is 0.917. The number of piperidine rings is 1. The Labute approximate surface area is 357 Å². The van der Waals surface area contributed by atoms with E-state index in [9.17, 15) is 9.59 Å². The lowest BCUT2D eigenvalue weighted by Gasteiger charge is -2.27. The third-order valence-electron chi connectivity index (χ3n) is 10.8. The van der Waals surface area contributed by atoms with Gasteiger partial charge in [-0.3, -0.25) is 9.59 Å². The summed E-state index contributed by atoms with van der Waals surface area (Å²) in [5.74, 6) is -0.313. The number of benzene rings is 7. The molecule has 7 aromatic carbocycles. The van der Waals surface area contributed by atoms with Gasteiger partial charge in [-0.05, 0) is 140 Å². The van der Waals surface area contributed by atoms with Gasteiger partial charge < -0.3 is 14.7 Å². The summed E-state index contributed by atoms with van der Waals surface area (Å²) in [6.45, 7) is 1.85. The second kappa shape index (κ2) is 19.4. The van der Waals surface area contributed by atoms with Gasteiger partial charge in [0.05, 0.1) is 12.4 Å². The molecule has 61 heavy (non-hydrogen) atoms. The number of hydrazone groups is 2. The van der Waals surface area contributed by atoms with Gasteiger partial charge in [0.2, 0.25) is 5.91 Å². The molecule has 1 saturated heterocycles. The van der Waals surface area contributed by atoms with Crippen LogP contribution < -0.4 is 20.7 Å². The maximum atomic E-state index is 13.3. The highest BCUT2D eigenvalue weighted by molar-refractivity contribution is 5.96. The van der Waals surface area contributed by atoms with Crippen molar-refractivity contribution in [1.82, 2.24) is 15.8 Å². The maximum Gasteiger partial charge on any atom is 0.271 e. The van der Waals surface area contributed by atoms with E-state index in [2.05, 4.69) is 103 Å². The molecule has 0 saturated carbocycles. The molecule has 0 spiro atoms. The number of likely N-dealkylation sites (tertiary alicyclic amines) is 1. The van der Waals surface area contributed by atoms with Gasteiger partial charge in [0.15, 0.2) is 0 Å². The molecule has 1 fully saturated rings. The Morgan fingerprint density at radius 1 is 0.508 bits per heavy atom. The minimum atomic E-state index is -0.297. The Morgan fingerprint density at radius 3 is 1.41 bits per heavy atom. The Morgan fingerprint density at radius 2 is 0.934 bits per heavy atom. The Bertz CT molecular complexity index is 2530. The summed E-state index contributed by atoms with van der Waals surface area (Å²) in [5, 5.41) is 8.53. The van der Waals surface area contributed by atoms with Crippen molar-refractivity contribution in [2.24, 2.45) is 16.1 Å². The molecule has 0 radical (unpaired) electrons. The van der Waals surface area contributed by atoms with Crippen LogP contribution in [0.1, 0.15) is 34.3 Å². The van der Waals surface area contributed by atoms with E-state index in [0.717, 1.165) is 82.3 Å². The number of anilines is 6. The molecule has 1 aliphatic rings. The molecule has 2 N–H and O–H groups in total. The van der Waals surface area contributed by atoms with E-state index in [1.54, 1.807) is 18.5 Å². The summed E-state index contributed by atoms with van der Waals surface area (Å²) in [4.78, 5) is 32.5. The number of nitrogens with one attached hydrogen (secondary N) is 2. The summed E-state index contributed by atoms with van der Waals surface area (Å²) in [6, 6.07) is 62.7. The largest absolute Gasteiger partial charge is 0.311 e. The molecule has 2 amide bonds. The van der Waals surface area contributed by atoms with Crippen molar-refractivity contribution in [2.45, 2.75) is 12.8 Å². The number of nitrogens with zero attached hydrogens (tertiary/aromatic N) is 5. The first-order valence-corrected chi connectivity index (χ1v) is 20.5. The minimum Gasteiger partial charge on any atom is -0.311 e. The van der Waals surface area contributed by atoms with Gasteiger partial charge in [0.1, 0.15) is 0 Å². The topological polar surface area (TPSA) is 92.6 Å². The van der Waals surface area contributed by atoms with E-state index in [0.29, 0.717) is 5.56 Å². The van der Waals surface area contributed by atoms with Gasteiger partial charge in [0.25, 0.3) is 5.91 Å². The molecular formula is C52H47N7O2. The van der Waals surface area contributed by atoms with Gasteiger partial charge >= 0.3 is 0 Å². The highest BCUT2D eigenvalue weighted by Crippen LogP contribution is 2.36. The number of amides is 2. The van der Waals surface area contributed by atoms with Crippen LogP contribution in [-0.2, 0) is 4.79 Å². The number of rotatable bonds is 13. The normalized spacial score (nSPS) is 13.3. The summed E-state index contributed by atoms with van der Waals surface area (Å²) in [7, 11) is 2.08. The molecule has 0 atom stereocenters. The van der Waals surface area contributed by atoms with Gasteiger partial charge in [-0.2, -0.15) is 10.2 Å². The molecule has 0 aromatic heterocycles. The molecule has 8 rings (SSSR count). The van der Waals surface area contributed by atoms with Gasteiger partial charge in [-0.15, -0.1) is 0 Å². The number of para-hydroxylation sites is 3. The fourth-order valence-electron chi connectivity index (χ4n) is 7.45. The highest BCUT2D eigenvalue weighted by atomic mass is 16.2. The van der Waals surface area contributed by atoms with Gasteiger partial charge in [-0.25, -0.2) is 10.9 Å². The van der Waals surface area contributed by atoms with Crippen LogP contribution in [0, 0.1) is 5.92 Å². The molecule has 1 aliphatic heterocycles. The van der Waals surface area contributed by atoms with Crippen molar-refractivity contribution in [3.63, 3.8) is 0 Å². The monoisotopic (exact) mass is 801 g/mol. The maximum absolute atomic E-state index is 13.3. The van der Waals surface area contributed by atoms with Crippen molar-refractivity contribution < 1.29 is 9.59 Å². The zero-order valence-corrected chi connectivity index (χ0v) is 34.0. The third-order valence-corrected chi connectivity index (χ3v) is 10.8. The van der Waals surface area contributed by atoms with Crippen LogP contribution in [0.3, 0.4) is 0 Å². The first kappa shape index (κ1) is 40.2. The SMILES string of the molecule is CN1CCC(C(=O)NN=Cc2ccc(N(c3ccccc3)c3ccc(-c4cccc(C(=O)NN=Cc5ccc(N(c6ccccc6)c6ccccc6)cc5)c4)cc3)cc2)CC1. The van der Waals surface area contributed by atoms with Crippen LogP contribution in [0.4, 0.5) is 34.1 Å². The molecule has 9 heteroatoms. The van der Waals surface area contributed by atoms with Crippen LogP contribution in [0.5, 0.6) is 0 Å². The smallest absolute Gasteiger partial charge is 0.271 e. The molecule has 0 unspecified atom stereocenters. The van der Waals surface area contributed by atoms with Crippen LogP contribution in [-0.4, -0.2) is 49.3 Å². The number of carbonyl (C=O) groups excluding carboxylic acids is 2. The fraction of sp³-hybridized carbons (Fsp3) is 0.115. The zero-order valence-electron chi connectivity index (χ0n) is 34.0. The quantitative estimate of drug-likeness (QED) is 0.0895. The van der Waals surface area contributed by atoms with Crippen LogP contribution in [0.25, 0.3) is 11.1 Å². The highest BCUT2D eigenvalue weighted by Gasteiger charge is 2.23. The van der Waals surface area contributed by atoms with E-state index in [-0.39, 0.29) is 17.7 Å². The van der Waals surface area contributed by atoms with Gasteiger partial charge in [-0.1, -0.05) is 103 Å². The van der Waals surface area contributed by atoms with Crippen molar-refractivity contribution >= 4 is 58.4 Å². The Hall–Kier alpha value is -7.62. The van der Waals surface area contributed by atoms with Crippen LogP contribution in [0.15, 0.2) is 198 Å². The average Bonchev–Trinajstić information content (AvgIpc) is 3.32. The summed E-state index contributed by atoms with van der Waals surface area (Å²) in [5.41, 5.74) is 15.7. The van der Waals surface area contributed by atoms with Crippen LogP contribution in [0.2, 0.25) is 0 Å². The average molecular weight is 802 g/mol. The third kappa shape index (κ3) is 10.2. The molecule has 0 bridgehead atoms. The minimum absolute atomic E-state index is 0.00435. The van der Waals surface area contributed by atoms with Crippen LogP contribution >= 0.6 is 0 Å². The van der Waals surface area contributed by atoms with E-state index in [1.807, 2.05) is 121 Å². The molecule has 0 aliphatic carbocycles. The lowest BCUT2D eigenvalue weighted by molar-refractivity contribution is -0.126. The van der Waals surface area contributed by atoms with E-state index < -0.39 is 0 Å². The predicted molar refractivity (Wildman–Crippen MR) is 249 cm³/mol. The lowest BCUT2D eigenvalue weighted by atomic mass is 9.97. The second-order valence-electron chi connectivity index (χ2n) is 15.0. The van der Waals surface area contributed by atoms with E-state index in [1.165, 1.54) is 0 Å². The first-order chi connectivity index (χ1) is 30.0. The van der Waals surface area contributed by atoms with Gasteiger partial charge in [0, 0.05) is 45.6 Å². The number of hydrogen-bond acceptors (Lipinski definition) is 7. The van der Waals surface area contributed by atoms with Crippen molar-refractivity contribution in [1.29, 1.82) is 0 Å². The molecular weight excluding hydrogens is 755 g/mol. The molecule has 7 aromatic rings. The second-order valence-corrected chi connectivity index (χ2v) is 15.0. The van der Waals surface area contributed by atoms with E-state index in [4.69, 9.17) is 0 Å². The van der Waals surface area contributed by atoms with Crippen molar-refractivity contribution in [3.05, 3.63) is 205 Å². The molecule has 1 heterocycles. The Kier molecular flexibility index (Phi) is 12.8. The first-order valence-electron chi connectivity index (χ1n) is 20.5. The lowest BCUT2D eigenvalue weighted by Crippen LogP contribution is -2.37. The summed E-state index contributed by atoms with van der Waals surface area (Å²) in [6.07, 6.45) is 5.04. The molecule has 302 valence electrons. The standard InChI is InChI=1S/C52H47N7O2/c1-57-34-32-42(33-35-57)51(60)55-53-37-39-22-28-49(29-23-39)59(47-18-9-4-10-19-47)50-30-24-41(25-31-50)43-12-11-13-44(36-43)52(61)56-54-38-40-20-26-48(27-21-40)58(45-14-5-2-6-15-45)46-16-7-3-8-17-46/h2-31,36-38,42H,32-35H2,1H3,(H,55,60)(H,56,61). The van der Waals surface area contributed by atoms with Crippen molar-refractivity contribution in [2.75, 3.05) is 29.9 Å². The fourth-order valence-corrected chi connectivity index (χ4v) is 7.45. The van der Waals surface area contributed by atoms with E-state index >= 15 is 0 Å². The number of hydrogen-bond donors (Lipinski definition) is 2. The van der Waals surface area contributed by atoms with Crippen molar-refractivity contribution in [3.8, 4) is 11.1 Å². The predicted octanol–water partition coefficient (Wildman–Crippen LogP) is 10.8. The molecule has 9 nitrogen and oxygen atoms in total. The zero-order chi connectivity index (χ0) is 41.8.